The summed E-state index contributed by atoms with van der Waals surface area (Å²) in [4.78, 5) is 23.0. The van der Waals surface area contributed by atoms with E-state index < -0.39 is 13.9 Å². The van der Waals surface area contributed by atoms with E-state index in [9.17, 15) is 14.3 Å². The van der Waals surface area contributed by atoms with E-state index in [2.05, 4.69) is 123 Å². The van der Waals surface area contributed by atoms with Crippen molar-refractivity contribution in [3.8, 4) is 0 Å². The predicted octanol–water partition coefficient (Wildman–Crippen LogP) is 15.9. The van der Waals surface area contributed by atoms with E-state index in [1.165, 1.54) is 57.8 Å². The molecule has 0 aromatic heterocycles. The van der Waals surface area contributed by atoms with Crippen LogP contribution in [0.4, 0.5) is 0 Å². The fourth-order valence-corrected chi connectivity index (χ4v) is 7.19. The average Bonchev–Trinajstić information content (AvgIpc) is 3.27. The summed E-state index contributed by atoms with van der Waals surface area (Å²) in [6.07, 6.45) is 67.1. The van der Waals surface area contributed by atoms with Gasteiger partial charge in [0.2, 0.25) is 0 Å². The monoisotopic (exact) mass is 927 g/mol. The van der Waals surface area contributed by atoms with Crippen LogP contribution in [-0.2, 0) is 27.9 Å². The first-order valence-corrected chi connectivity index (χ1v) is 27.1. The zero-order valence-electron chi connectivity index (χ0n) is 42.2. The smallest absolute Gasteiger partial charge is 0.457 e. The Morgan fingerprint density at radius 1 is 0.477 bits per heavy atom. The number of carbonyl (C=O) groups excluding carboxylic acids is 1. The quantitative estimate of drug-likeness (QED) is 0.0214. The van der Waals surface area contributed by atoms with Gasteiger partial charge < -0.3 is 18.9 Å². The summed E-state index contributed by atoms with van der Waals surface area (Å²) in [6, 6.07) is 0. The average molecular weight is 927 g/mol. The second-order valence-corrected chi connectivity index (χ2v) is 19.2. The number of unbranched alkanes of at least 4 members (excludes halogenated alkanes) is 14. The second-order valence-electron chi connectivity index (χ2n) is 17.8. The Labute approximate surface area is 400 Å². The Kier molecular flexibility index (Phi) is 45.6. The van der Waals surface area contributed by atoms with Crippen molar-refractivity contribution in [2.24, 2.45) is 0 Å². The van der Waals surface area contributed by atoms with E-state index in [4.69, 9.17) is 18.5 Å². The third kappa shape index (κ3) is 52.0. The summed E-state index contributed by atoms with van der Waals surface area (Å²) in [7, 11) is 1.63. The van der Waals surface area contributed by atoms with Crippen LogP contribution >= 0.6 is 7.82 Å². The molecule has 8 nitrogen and oxygen atoms in total. The van der Waals surface area contributed by atoms with Gasteiger partial charge in [-0.15, -0.1) is 0 Å². The predicted molar refractivity (Wildman–Crippen MR) is 279 cm³/mol. The molecule has 9 heteroatoms. The van der Waals surface area contributed by atoms with Crippen LogP contribution in [0.2, 0.25) is 0 Å². The van der Waals surface area contributed by atoms with E-state index in [0.717, 1.165) is 103 Å². The maximum absolute atomic E-state index is 12.7. The topological polar surface area (TPSA) is 91.3 Å². The molecule has 2 atom stereocenters. The molecule has 0 spiro atoms. The van der Waals surface area contributed by atoms with Crippen molar-refractivity contribution in [2.75, 3.05) is 54.1 Å². The van der Waals surface area contributed by atoms with E-state index in [1.54, 1.807) is 0 Å². The lowest BCUT2D eigenvalue weighted by Crippen LogP contribution is -2.37. The summed E-state index contributed by atoms with van der Waals surface area (Å²) in [5.74, 6) is -0.342. The van der Waals surface area contributed by atoms with E-state index in [-0.39, 0.29) is 25.8 Å². The van der Waals surface area contributed by atoms with Crippen molar-refractivity contribution in [3.63, 3.8) is 0 Å². The van der Waals surface area contributed by atoms with Crippen LogP contribution in [0.5, 0.6) is 0 Å². The molecule has 0 bridgehead atoms. The highest BCUT2D eigenvalue weighted by Gasteiger charge is 2.26. The Bertz CT molecular complexity index is 1400. The van der Waals surface area contributed by atoms with Gasteiger partial charge in [0.05, 0.1) is 34.4 Å². The number of phosphoric ester groups is 1. The van der Waals surface area contributed by atoms with Gasteiger partial charge in [-0.2, -0.15) is 0 Å². The molecule has 0 aliphatic carbocycles. The Morgan fingerprint density at radius 3 is 1.26 bits per heavy atom. The number of hydrogen-bond donors (Lipinski definition) is 1. The number of ether oxygens (including phenoxy) is 2. The number of nitrogens with zero attached hydrogens (tertiary/aromatic N) is 1. The Balaban J connectivity index is 4.18. The first-order valence-electron chi connectivity index (χ1n) is 25.6. The van der Waals surface area contributed by atoms with Gasteiger partial charge in [0.25, 0.3) is 0 Å². The van der Waals surface area contributed by atoms with Crippen molar-refractivity contribution in [1.82, 2.24) is 0 Å². The van der Waals surface area contributed by atoms with Crippen LogP contribution < -0.4 is 0 Å². The number of rotatable bonds is 46. The molecule has 0 aliphatic rings. The highest BCUT2D eigenvalue weighted by atomic mass is 31.2. The van der Waals surface area contributed by atoms with Gasteiger partial charge in [-0.1, -0.05) is 187 Å². The summed E-state index contributed by atoms with van der Waals surface area (Å²) < 4.78 is 35.1. The molecule has 372 valence electrons. The van der Waals surface area contributed by atoms with Crippen LogP contribution in [0.15, 0.2) is 109 Å². The van der Waals surface area contributed by atoms with Crippen molar-refractivity contribution >= 4 is 13.8 Å². The first kappa shape index (κ1) is 62.2. The molecule has 0 fully saturated rings. The number of esters is 1. The van der Waals surface area contributed by atoms with E-state index in [1.807, 2.05) is 21.1 Å². The molecule has 65 heavy (non-hydrogen) atoms. The van der Waals surface area contributed by atoms with Gasteiger partial charge in [-0.05, 0) is 96.3 Å². The van der Waals surface area contributed by atoms with Gasteiger partial charge in [-0.25, -0.2) is 4.57 Å². The highest BCUT2D eigenvalue weighted by Crippen LogP contribution is 2.43. The molecule has 0 amide bonds. The molecule has 0 aromatic carbocycles. The van der Waals surface area contributed by atoms with Gasteiger partial charge in [0.1, 0.15) is 19.3 Å². The molecule has 0 saturated carbocycles. The fraction of sp³-hybridized carbons (Fsp3) is 0.661. The summed E-state index contributed by atoms with van der Waals surface area (Å²) in [5.41, 5.74) is 0. The number of hydrogen-bond acceptors (Lipinski definition) is 6. The molecule has 0 radical (unpaired) electrons. The molecule has 0 saturated heterocycles. The van der Waals surface area contributed by atoms with Crippen molar-refractivity contribution in [2.45, 2.75) is 187 Å². The van der Waals surface area contributed by atoms with Gasteiger partial charge in [0.15, 0.2) is 0 Å². The Morgan fingerprint density at radius 2 is 0.846 bits per heavy atom. The van der Waals surface area contributed by atoms with Gasteiger partial charge in [-0.3, -0.25) is 13.8 Å². The van der Waals surface area contributed by atoms with Crippen molar-refractivity contribution in [3.05, 3.63) is 109 Å². The standard InChI is InChI=1S/C56H96NO7P/c1-6-8-10-12-14-16-18-20-22-24-25-26-27-28-29-30-31-32-34-36-38-40-42-44-46-48-51-61-53-55(54-63-65(59,60)62-52-50-57(3,4)5)64-56(58)49-47-45-43-41-39-37-35-33-23-21-19-17-15-13-11-9-7-2/h8-11,14-17,20-23,25-26,28-29,35,37,55H,6-7,12-13,18-19,24,27,30-34,36,38-54H2,1-5H3/p+1/b10-8-,11-9-,16-14-,17-15-,22-20-,23-21-,26-25-,29-28-,37-35-. The van der Waals surface area contributed by atoms with E-state index >= 15 is 0 Å². The molecule has 2 unspecified atom stereocenters. The zero-order valence-corrected chi connectivity index (χ0v) is 43.1. The fourth-order valence-electron chi connectivity index (χ4n) is 6.45. The lowest BCUT2D eigenvalue weighted by atomic mass is 10.1. The molecule has 0 rings (SSSR count). The van der Waals surface area contributed by atoms with Crippen molar-refractivity contribution < 1.29 is 37.3 Å². The Hall–Kier alpha value is -2.84. The maximum Gasteiger partial charge on any atom is 0.472 e. The van der Waals surface area contributed by atoms with E-state index in [0.29, 0.717) is 24.1 Å². The highest BCUT2D eigenvalue weighted by molar-refractivity contribution is 7.47. The lowest BCUT2D eigenvalue weighted by molar-refractivity contribution is -0.870. The third-order valence-corrected chi connectivity index (χ3v) is 11.3. The first-order chi connectivity index (χ1) is 31.6. The number of carbonyl (C=O) groups is 1. The summed E-state index contributed by atoms with van der Waals surface area (Å²) in [6.45, 7) is 5.33. The number of phosphoric acid groups is 1. The van der Waals surface area contributed by atoms with Crippen LogP contribution in [-0.4, -0.2) is 75.6 Å². The van der Waals surface area contributed by atoms with Crippen LogP contribution in [0.3, 0.4) is 0 Å². The second kappa shape index (κ2) is 47.6. The van der Waals surface area contributed by atoms with Crippen molar-refractivity contribution in [1.29, 1.82) is 0 Å². The summed E-state index contributed by atoms with van der Waals surface area (Å²) in [5, 5.41) is 0. The number of quaternary nitrogens is 1. The molecule has 0 aromatic rings. The largest absolute Gasteiger partial charge is 0.472 e. The molecular formula is C56H97NO7P+. The maximum atomic E-state index is 12.7. The number of allylic oxidation sites excluding steroid dienone is 18. The minimum absolute atomic E-state index is 0.0763. The minimum atomic E-state index is -4.30. The van der Waals surface area contributed by atoms with Gasteiger partial charge in [0, 0.05) is 13.0 Å². The number of likely N-dealkylation sites (N-methyl/N-ethyl adjacent to an activating group) is 1. The van der Waals surface area contributed by atoms with Crippen LogP contribution in [0.1, 0.15) is 181 Å². The normalized spacial score (nSPS) is 14.5. The molecule has 0 heterocycles. The summed E-state index contributed by atoms with van der Waals surface area (Å²) >= 11 is 0. The zero-order chi connectivity index (χ0) is 47.6. The minimum Gasteiger partial charge on any atom is -0.457 e. The molecular weight excluding hydrogens is 830 g/mol. The van der Waals surface area contributed by atoms with Crippen LogP contribution in [0, 0.1) is 0 Å². The molecule has 1 N–H and O–H groups in total. The van der Waals surface area contributed by atoms with Crippen LogP contribution in [0.25, 0.3) is 0 Å². The van der Waals surface area contributed by atoms with Gasteiger partial charge >= 0.3 is 13.8 Å². The lowest BCUT2D eigenvalue weighted by Gasteiger charge is -2.24. The SMILES string of the molecule is CC/C=C\C/C=C\C/C=C\C/C=C\C/C=C\CCCCCCCCCCCCOCC(COP(=O)(O)OCC[N+](C)(C)C)OC(=O)CCCCCC/C=C\C/C=C\C/C=C\C/C=C\CC. The molecule has 0 aliphatic heterocycles. The third-order valence-electron chi connectivity index (χ3n) is 10.3.